The first kappa shape index (κ1) is 16.4. The zero-order valence-corrected chi connectivity index (χ0v) is 15.1. The molecule has 0 amide bonds. The Kier molecular flexibility index (Phi) is 3.98. The lowest BCUT2D eigenvalue weighted by Crippen LogP contribution is -2.20. The smallest absolute Gasteiger partial charge is 0.163 e. The first-order valence-electron chi connectivity index (χ1n) is 8.15. The Morgan fingerprint density at radius 2 is 1.96 bits per heavy atom. The summed E-state index contributed by atoms with van der Waals surface area (Å²) in [6.45, 7) is 11.2. The van der Waals surface area contributed by atoms with Crippen LogP contribution in [0.2, 0.25) is 0 Å². The molecule has 128 valence electrons. The number of nitrogens with one attached hydrogen (secondary N) is 1. The molecule has 0 saturated carbocycles. The quantitative estimate of drug-likeness (QED) is 0.791. The molecule has 0 spiro atoms. The molecular weight excluding hydrogens is 304 g/mol. The average Bonchev–Trinajstić information content (AvgIpc) is 3.13. The van der Waals surface area contributed by atoms with E-state index in [2.05, 4.69) is 53.2 Å². The van der Waals surface area contributed by atoms with Gasteiger partial charge in [0.25, 0.3) is 0 Å². The number of aryl methyl sites for hydroxylation is 2. The van der Waals surface area contributed by atoms with E-state index in [1.807, 2.05) is 18.7 Å². The molecule has 1 N–H and O–H groups in total. The van der Waals surface area contributed by atoms with Crippen LogP contribution in [0.1, 0.15) is 52.3 Å². The maximum atomic E-state index is 4.76. The van der Waals surface area contributed by atoms with Gasteiger partial charge in [0.2, 0.25) is 0 Å². The summed E-state index contributed by atoms with van der Waals surface area (Å²) in [4.78, 5) is 13.8. The Morgan fingerprint density at radius 3 is 2.62 bits per heavy atom. The summed E-state index contributed by atoms with van der Waals surface area (Å²) in [7, 11) is 1.89. The van der Waals surface area contributed by atoms with E-state index in [1.54, 1.807) is 17.2 Å². The highest BCUT2D eigenvalue weighted by atomic mass is 15.3. The van der Waals surface area contributed by atoms with Crippen molar-refractivity contribution in [3.8, 4) is 0 Å². The van der Waals surface area contributed by atoms with E-state index in [0.717, 1.165) is 35.0 Å². The standard InChI is InChI=1S/C16H24N8/c1-7-24-13(17-9-19-24)10(2)20-12-11-8-18-23(6)14(11)22-15(21-12)16(3,4)5/h8-10H,7H2,1-6H3,(H,20,21,22)/t10-/m1/s1. The Morgan fingerprint density at radius 1 is 1.21 bits per heavy atom. The number of hydrogen-bond donors (Lipinski definition) is 1. The fourth-order valence-corrected chi connectivity index (χ4v) is 2.59. The molecule has 0 aliphatic heterocycles. The minimum Gasteiger partial charge on any atom is -0.360 e. The highest BCUT2D eigenvalue weighted by Gasteiger charge is 2.22. The Balaban J connectivity index is 2.05. The molecule has 0 aliphatic carbocycles. The lowest BCUT2D eigenvalue weighted by atomic mass is 9.95. The topological polar surface area (TPSA) is 86.3 Å². The summed E-state index contributed by atoms with van der Waals surface area (Å²) >= 11 is 0. The molecule has 3 heterocycles. The van der Waals surface area contributed by atoms with E-state index < -0.39 is 0 Å². The predicted molar refractivity (Wildman–Crippen MR) is 92.7 cm³/mol. The average molecular weight is 328 g/mol. The van der Waals surface area contributed by atoms with Gasteiger partial charge in [0.1, 0.15) is 23.8 Å². The summed E-state index contributed by atoms with van der Waals surface area (Å²) in [6, 6.07) is -0.0291. The van der Waals surface area contributed by atoms with Crippen LogP contribution in [-0.2, 0) is 19.0 Å². The van der Waals surface area contributed by atoms with Gasteiger partial charge in [-0.3, -0.25) is 4.68 Å². The van der Waals surface area contributed by atoms with Crippen molar-refractivity contribution in [3.63, 3.8) is 0 Å². The van der Waals surface area contributed by atoms with Crippen LogP contribution in [0.15, 0.2) is 12.5 Å². The summed E-state index contributed by atoms with van der Waals surface area (Å²) in [5.74, 6) is 2.44. The van der Waals surface area contributed by atoms with Crippen molar-refractivity contribution in [2.45, 2.75) is 52.6 Å². The van der Waals surface area contributed by atoms with Crippen LogP contribution >= 0.6 is 0 Å². The number of rotatable bonds is 4. The van der Waals surface area contributed by atoms with E-state index in [-0.39, 0.29) is 11.5 Å². The SMILES string of the molecule is CCn1ncnc1[C@@H](C)Nc1nc(C(C)(C)C)nc2c1cnn2C. The molecule has 0 unspecified atom stereocenters. The van der Waals surface area contributed by atoms with Gasteiger partial charge >= 0.3 is 0 Å². The van der Waals surface area contributed by atoms with Crippen molar-refractivity contribution in [1.82, 2.24) is 34.5 Å². The normalized spacial score (nSPS) is 13.4. The first-order chi connectivity index (χ1) is 11.3. The van der Waals surface area contributed by atoms with Crippen molar-refractivity contribution < 1.29 is 0 Å². The summed E-state index contributed by atoms with van der Waals surface area (Å²) < 4.78 is 3.65. The highest BCUT2D eigenvalue weighted by Crippen LogP contribution is 2.27. The van der Waals surface area contributed by atoms with Gasteiger partial charge < -0.3 is 5.32 Å². The van der Waals surface area contributed by atoms with E-state index in [9.17, 15) is 0 Å². The van der Waals surface area contributed by atoms with Gasteiger partial charge in [-0.1, -0.05) is 20.8 Å². The molecule has 3 rings (SSSR count). The van der Waals surface area contributed by atoms with E-state index in [1.165, 1.54) is 0 Å². The van der Waals surface area contributed by atoms with Gasteiger partial charge in [-0.05, 0) is 13.8 Å². The minimum atomic E-state index is -0.151. The van der Waals surface area contributed by atoms with Gasteiger partial charge in [0.15, 0.2) is 5.65 Å². The maximum Gasteiger partial charge on any atom is 0.163 e. The summed E-state index contributed by atoms with van der Waals surface area (Å²) in [5, 5.41) is 12.9. The van der Waals surface area contributed by atoms with Gasteiger partial charge in [0, 0.05) is 19.0 Å². The van der Waals surface area contributed by atoms with Gasteiger partial charge in [-0.25, -0.2) is 19.6 Å². The predicted octanol–water partition coefficient (Wildman–Crippen LogP) is 2.45. The Bertz CT molecular complexity index is 855. The van der Waals surface area contributed by atoms with Crippen LogP contribution in [-0.4, -0.2) is 34.5 Å². The fraction of sp³-hybridized carbons (Fsp3) is 0.562. The largest absolute Gasteiger partial charge is 0.360 e. The third-order valence-electron chi connectivity index (χ3n) is 3.95. The van der Waals surface area contributed by atoms with Crippen LogP contribution in [0.4, 0.5) is 5.82 Å². The van der Waals surface area contributed by atoms with E-state index in [0.29, 0.717) is 0 Å². The third kappa shape index (κ3) is 2.83. The molecule has 0 aliphatic rings. The van der Waals surface area contributed by atoms with E-state index >= 15 is 0 Å². The van der Waals surface area contributed by atoms with Crippen molar-refractivity contribution in [3.05, 3.63) is 24.2 Å². The number of fused-ring (bicyclic) bond motifs is 1. The summed E-state index contributed by atoms with van der Waals surface area (Å²) in [5.41, 5.74) is 0.670. The van der Waals surface area contributed by atoms with Crippen molar-refractivity contribution in [1.29, 1.82) is 0 Å². The molecule has 3 aromatic heterocycles. The molecule has 0 bridgehead atoms. The first-order valence-corrected chi connectivity index (χ1v) is 8.15. The minimum absolute atomic E-state index is 0.0291. The maximum absolute atomic E-state index is 4.76. The third-order valence-corrected chi connectivity index (χ3v) is 3.95. The van der Waals surface area contributed by atoms with Crippen molar-refractivity contribution >= 4 is 16.9 Å². The zero-order chi connectivity index (χ0) is 17.5. The van der Waals surface area contributed by atoms with Gasteiger partial charge in [-0.2, -0.15) is 10.2 Å². The second-order valence-corrected chi connectivity index (χ2v) is 6.95. The van der Waals surface area contributed by atoms with E-state index in [4.69, 9.17) is 4.98 Å². The Labute approximate surface area is 141 Å². The van der Waals surface area contributed by atoms with Crippen molar-refractivity contribution in [2.24, 2.45) is 7.05 Å². The molecule has 1 atom stereocenters. The van der Waals surface area contributed by atoms with Crippen LogP contribution in [0.3, 0.4) is 0 Å². The highest BCUT2D eigenvalue weighted by molar-refractivity contribution is 5.86. The monoisotopic (exact) mass is 328 g/mol. The van der Waals surface area contributed by atoms with Crippen molar-refractivity contribution in [2.75, 3.05) is 5.32 Å². The number of aromatic nitrogens is 7. The number of nitrogens with zero attached hydrogens (tertiary/aromatic N) is 7. The van der Waals surface area contributed by atoms with Gasteiger partial charge in [0.05, 0.1) is 17.6 Å². The molecule has 24 heavy (non-hydrogen) atoms. The van der Waals surface area contributed by atoms with Crippen LogP contribution < -0.4 is 5.32 Å². The fourth-order valence-electron chi connectivity index (χ4n) is 2.59. The zero-order valence-electron chi connectivity index (χ0n) is 15.1. The molecule has 0 fully saturated rings. The Hall–Kier alpha value is -2.51. The molecule has 0 aromatic carbocycles. The van der Waals surface area contributed by atoms with Crippen LogP contribution in [0, 0.1) is 0 Å². The lowest BCUT2D eigenvalue weighted by molar-refractivity contribution is 0.546. The second-order valence-electron chi connectivity index (χ2n) is 6.95. The molecule has 0 saturated heterocycles. The lowest BCUT2D eigenvalue weighted by Gasteiger charge is -2.20. The number of hydrogen-bond acceptors (Lipinski definition) is 6. The van der Waals surface area contributed by atoms with Crippen LogP contribution in [0.5, 0.6) is 0 Å². The molecular formula is C16H24N8. The molecule has 8 nitrogen and oxygen atoms in total. The number of anilines is 1. The molecule has 0 radical (unpaired) electrons. The summed E-state index contributed by atoms with van der Waals surface area (Å²) in [6.07, 6.45) is 3.37. The van der Waals surface area contributed by atoms with Crippen LogP contribution in [0.25, 0.3) is 11.0 Å². The molecule has 8 heteroatoms. The molecule has 3 aromatic rings. The van der Waals surface area contributed by atoms with Gasteiger partial charge in [-0.15, -0.1) is 0 Å². The second kappa shape index (κ2) is 5.85.